The minimum atomic E-state index is -4.64. The Hall–Kier alpha value is -0.550. The van der Waals surface area contributed by atoms with Gasteiger partial charge >= 0.3 is 6.18 Å². The summed E-state index contributed by atoms with van der Waals surface area (Å²) >= 11 is 0. The first-order chi connectivity index (χ1) is 9.29. The average molecular weight is 292 g/mol. The van der Waals surface area contributed by atoms with Crippen LogP contribution >= 0.6 is 0 Å². The van der Waals surface area contributed by atoms with Crippen LogP contribution in [-0.2, 0) is 4.74 Å². The normalized spacial score (nSPS) is 31.8. The highest BCUT2D eigenvalue weighted by Gasteiger charge is 2.50. The second-order valence-corrected chi connectivity index (χ2v) is 6.36. The Bertz CT molecular complexity index is 350. The van der Waals surface area contributed by atoms with Crippen molar-refractivity contribution in [3.63, 3.8) is 0 Å². The highest BCUT2D eigenvalue weighted by Crippen LogP contribution is 2.45. The van der Waals surface area contributed by atoms with Crippen molar-refractivity contribution >= 4 is 0 Å². The molecule has 0 radical (unpaired) electrons. The Kier molecular flexibility index (Phi) is 4.80. The van der Waals surface area contributed by atoms with Crippen LogP contribution < -0.4 is 0 Å². The van der Waals surface area contributed by atoms with Crippen LogP contribution in [0.4, 0.5) is 13.2 Å². The summed E-state index contributed by atoms with van der Waals surface area (Å²) in [7, 11) is 0. The molecule has 0 aliphatic heterocycles. The van der Waals surface area contributed by atoms with Gasteiger partial charge in [0.2, 0.25) is 0 Å². The first-order valence-electron chi connectivity index (χ1n) is 7.35. The average Bonchev–Trinajstić information content (AvgIpc) is 2.94. The van der Waals surface area contributed by atoms with E-state index in [1.807, 2.05) is 0 Å². The molecule has 20 heavy (non-hydrogen) atoms. The number of fused-ring (bicyclic) bond motifs is 2. The molecule has 1 fully saturated rings. The zero-order valence-electron chi connectivity index (χ0n) is 11.8. The van der Waals surface area contributed by atoms with Gasteiger partial charge in [0.05, 0.1) is 6.61 Å². The van der Waals surface area contributed by atoms with Crippen molar-refractivity contribution in [1.82, 2.24) is 0 Å². The molecule has 5 heteroatoms. The number of ether oxygens (including phenoxy) is 1. The summed E-state index contributed by atoms with van der Waals surface area (Å²) in [5.41, 5.74) is -2.75. The lowest BCUT2D eigenvalue weighted by Crippen LogP contribution is -2.46. The van der Waals surface area contributed by atoms with Crippen LogP contribution in [0, 0.1) is 17.8 Å². The van der Waals surface area contributed by atoms with E-state index in [2.05, 4.69) is 12.2 Å². The lowest BCUT2D eigenvalue weighted by molar-refractivity contribution is -0.267. The third-order valence-electron chi connectivity index (χ3n) is 4.52. The molecule has 0 aromatic heterocycles. The van der Waals surface area contributed by atoms with Crippen LogP contribution in [0.5, 0.6) is 0 Å². The van der Waals surface area contributed by atoms with Gasteiger partial charge in [0, 0.05) is 6.61 Å². The molecule has 0 saturated heterocycles. The van der Waals surface area contributed by atoms with Gasteiger partial charge in [-0.15, -0.1) is 0 Å². The highest BCUT2D eigenvalue weighted by molar-refractivity contribution is 5.09. The Morgan fingerprint density at radius 2 is 1.95 bits per heavy atom. The van der Waals surface area contributed by atoms with Crippen LogP contribution in [0.15, 0.2) is 12.2 Å². The summed E-state index contributed by atoms with van der Waals surface area (Å²) in [5, 5.41) is 9.19. The smallest absolute Gasteiger partial charge is 0.379 e. The van der Waals surface area contributed by atoms with Crippen LogP contribution in [0.1, 0.15) is 39.0 Å². The maximum absolute atomic E-state index is 12.4. The van der Waals surface area contributed by atoms with Crippen LogP contribution in [0.2, 0.25) is 0 Å². The third kappa shape index (κ3) is 3.76. The molecule has 2 aliphatic carbocycles. The molecule has 0 spiro atoms. The number of allylic oxidation sites excluding steroid dienone is 2. The van der Waals surface area contributed by atoms with E-state index in [4.69, 9.17) is 4.74 Å². The molecule has 0 aromatic carbocycles. The lowest BCUT2D eigenvalue weighted by Gasteiger charge is -2.25. The molecule has 2 bridgehead atoms. The maximum Gasteiger partial charge on any atom is 0.419 e. The Morgan fingerprint density at radius 3 is 2.50 bits per heavy atom. The first kappa shape index (κ1) is 15.8. The molecule has 2 rings (SSSR count). The van der Waals surface area contributed by atoms with Crippen molar-refractivity contribution in [3.05, 3.63) is 12.2 Å². The molecular formula is C15H23F3O2. The van der Waals surface area contributed by atoms with Gasteiger partial charge in [-0.2, -0.15) is 13.2 Å². The monoisotopic (exact) mass is 292 g/mol. The maximum atomic E-state index is 12.4. The van der Waals surface area contributed by atoms with Crippen LogP contribution in [0.3, 0.4) is 0 Å². The summed E-state index contributed by atoms with van der Waals surface area (Å²) in [6.07, 6.45) is 5.41. The summed E-state index contributed by atoms with van der Waals surface area (Å²) < 4.78 is 42.1. The highest BCUT2D eigenvalue weighted by atomic mass is 19.4. The van der Waals surface area contributed by atoms with Gasteiger partial charge in [0.25, 0.3) is 0 Å². The molecule has 4 unspecified atom stereocenters. The lowest BCUT2D eigenvalue weighted by atomic mass is 9.89. The van der Waals surface area contributed by atoms with Gasteiger partial charge in [-0.05, 0) is 50.4 Å². The van der Waals surface area contributed by atoms with Gasteiger partial charge in [-0.3, -0.25) is 0 Å². The summed E-state index contributed by atoms with van der Waals surface area (Å²) in [6.45, 7) is 0.338. The van der Waals surface area contributed by atoms with Gasteiger partial charge in [0.15, 0.2) is 5.60 Å². The fraction of sp³-hybridized carbons (Fsp3) is 0.867. The van der Waals surface area contributed by atoms with Gasteiger partial charge < -0.3 is 9.84 Å². The molecule has 2 aliphatic rings. The van der Waals surface area contributed by atoms with Crippen molar-refractivity contribution in [2.24, 2.45) is 17.8 Å². The van der Waals surface area contributed by atoms with E-state index in [1.165, 1.54) is 12.8 Å². The standard InChI is InChI=1S/C15H23F3O2/c1-14(19,15(16,17)18)10-20-7-3-2-4-12-8-11-5-6-13(12)9-11/h5-6,11-13,19H,2-4,7-10H2,1H3. The summed E-state index contributed by atoms with van der Waals surface area (Å²) in [6, 6.07) is 0. The molecule has 4 atom stereocenters. The molecule has 1 saturated carbocycles. The van der Waals surface area contributed by atoms with E-state index in [-0.39, 0.29) is 6.61 Å². The molecule has 0 heterocycles. The number of alkyl halides is 3. The molecule has 2 nitrogen and oxygen atoms in total. The van der Waals surface area contributed by atoms with E-state index in [0.29, 0.717) is 0 Å². The molecule has 1 N–H and O–H groups in total. The van der Waals surface area contributed by atoms with Crippen LogP contribution in [-0.4, -0.2) is 30.1 Å². The zero-order chi connectivity index (χ0) is 14.8. The Labute approximate surface area is 118 Å². The Morgan fingerprint density at radius 1 is 1.20 bits per heavy atom. The topological polar surface area (TPSA) is 29.5 Å². The summed E-state index contributed by atoms with van der Waals surface area (Å²) in [4.78, 5) is 0. The van der Waals surface area contributed by atoms with Crippen molar-refractivity contribution in [2.45, 2.75) is 50.8 Å². The van der Waals surface area contributed by atoms with E-state index in [0.717, 1.165) is 43.9 Å². The van der Waals surface area contributed by atoms with Crippen LogP contribution in [0.25, 0.3) is 0 Å². The third-order valence-corrected chi connectivity index (χ3v) is 4.52. The molecular weight excluding hydrogens is 269 g/mol. The largest absolute Gasteiger partial charge is 0.419 e. The minimum Gasteiger partial charge on any atom is -0.379 e. The zero-order valence-corrected chi connectivity index (χ0v) is 11.8. The van der Waals surface area contributed by atoms with Crippen molar-refractivity contribution in [3.8, 4) is 0 Å². The number of hydrogen-bond acceptors (Lipinski definition) is 2. The van der Waals surface area contributed by atoms with Crippen molar-refractivity contribution < 1.29 is 23.0 Å². The quantitative estimate of drug-likeness (QED) is 0.572. The minimum absolute atomic E-state index is 0.281. The number of aliphatic hydroxyl groups is 1. The second kappa shape index (κ2) is 6.06. The SMILES string of the molecule is CC(O)(COCCCCC1CC2C=CC1C2)C(F)(F)F. The van der Waals surface area contributed by atoms with Crippen molar-refractivity contribution in [2.75, 3.05) is 13.2 Å². The second-order valence-electron chi connectivity index (χ2n) is 6.36. The number of hydrogen-bond donors (Lipinski definition) is 1. The molecule has 0 amide bonds. The predicted molar refractivity (Wildman–Crippen MR) is 70.2 cm³/mol. The fourth-order valence-electron chi connectivity index (χ4n) is 3.19. The summed E-state index contributed by atoms with van der Waals surface area (Å²) in [5.74, 6) is 2.25. The van der Waals surface area contributed by atoms with E-state index < -0.39 is 18.4 Å². The van der Waals surface area contributed by atoms with Gasteiger partial charge in [-0.25, -0.2) is 0 Å². The number of halogens is 3. The molecule has 116 valence electrons. The van der Waals surface area contributed by atoms with E-state index >= 15 is 0 Å². The number of unbranched alkanes of at least 4 members (excludes halogenated alkanes) is 1. The van der Waals surface area contributed by atoms with Crippen molar-refractivity contribution in [1.29, 1.82) is 0 Å². The van der Waals surface area contributed by atoms with E-state index in [9.17, 15) is 18.3 Å². The Balaban J connectivity index is 1.53. The predicted octanol–water partition coefficient (Wildman–Crippen LogP) is 3.70. The van der Waals surface area contributed by atoms with Gasteiger partial charge in [0.1, 0.15) is 0 Å². The number of rotatable bonds is 7. The van der Waals surface area contributed by atoms with Gasteiger partial charge in [-0.1, -0.05) is 18.6 Å². The molecule has 0 aromatic rings. The first-order valence-corrected chi connectivity index (χ1v) is 7.35. The van der Waals surface area contributed by atoms with E-state index in [1.54, 1.807) is 0 Å². The fourth-order valence-corrected chi connectivity index (χ4v) is 3.19.